The van der Waals surface area contributed by atoms with Crippen LogP contribution in [0.3, 0.4) is 0 Å². The molecule has 1 amide bonds. The fourth-order valence-corrected chi connectivity index (χ4v) is 4.22. The molecule has 1 fully saturated rings. The van der Waals surface area contributed by atoms with Crippen LogP contribution >= 0.6 is 0 Å². The first kappa shape index (κ1) is 18.0. The first-order valence-electron chi connectivity index (χ1n) is 9.82. The van der Waals surface area contributed by atoms with Crippen LogP contribution in [0.25, 0.3) is 21.8 Å². The van der Waals surface area contributed by atoms with Crippen molar-refractivity contribution in [3.63, 3.8) is 0 Å². The molecule has 0 radical (unpaired) electrons. The Balaban J connectivity index is 1.61. The number of benzene rings is 2. The van der Waals surface area contributed by atoms with Gasteiger partial charge in [0.15, 0.2) is 0 Å². The molecule has 4 rings (SSSR count). The highest BCUT2D eigenvalue weighted by Gasteiger charge is 2.26. The highest BCUT2D eigenvalue weighted by atomic mass is 16.3. The molecular weight excluding hydrogens is 338 g/mol. The van der Waals surface area contributed by atoms with Gasteiger partial charge in [0.1, 0.15) is 0 Å². The molecule has 2 heterocycles. The van der Waals surface area contributed by atoms with Gasteiger partial charge in [0.2, 0.25) is 5.91 Å². The predicted octanol–water partition coefficient (Wildman–Crippen LogP) is 3.60. The van der Waals surface area contributed by atoms with Crippen molar-refractivity contribution in [3.05, 3.63) is 42.5 Å². The molecule has 3 aromatic rings. The molecule has 0 saturated carbocycles. The number of aliphatic hydroxyl groups excluding tert-OH is 1. The minimum Gasteiger partial charge on any atom is -0.392 e. The quantitative estimate of drug-likeness (QED) is 0.743. The molecule has 1 saturated heterocycles. The fraction of sp³-hybridized carbons (Fsp3) is 0.409. The molecule has 27 heavy (non-hydrogen) atoms. The lowest BCUT2D eigenvalue weighted by Crippen LogP contribution is -2.48. The minimum absolute atomic E-state index is 0.0253. The Kier molecular flexibility index (Phi) is 4.89. The van der Waals surface area contributed by atoms with Crippen LogP contribution in [-0.4, -0.2) is 45.7 Å². The average Bonchev–Trinajstić information content (AvgIpc) is 3.00. The Morgan fingerprint density at radius 3 is 2.78 bits per heavy atom. The number of hydrogen-bond donors (Lipinski definition) is 2. The van der Waals surface area contributed by atoms with Crippen LogP contribution in [0.2, 0.25) is 0 Å². The van der Waals surface area contributed by atoms with Gasteiger partial charge in [0.25, 0.3) is 0 Å². The molecular formula is C22H27N3O2. The van der Waals surface area contributed by atoms with Crippen LogP contribution in [0.15, 0.2) is 42.5 Å². The number of amides is 1. The van der Waals surface area contributed by atoms with Gasteiger partial charge in [-0.15, -0.1) is 0 Å². The standard InChI is InChI=1S/C22H27N3O2/c1-3-25-20-9-5-4-8-18(20)19-13-16(10-11-21(19)25)23-22(27)15(2)24-12-6-7-17(26)14-24/h4-5,8-11,13,15,17,26H,3,6-7,12,14H2,1-2H3,(H,23,27)/t15-,17-/m0/s1. The number of aromatic nitrogens is 1. The molecule has 1 aromatic heterocycles. The smallest absolute Gasteiger partial charge is 0.241 e. The van der Waals surface area contributed by atoms with Crippen LogP contribution in [0.4, 0.5) is 5.69 Å². The number of carbonyl (C=O) groups excluding carboxylic acids is 1. The van der Waals surface area contributed by atoms with Crippen molar-refractivity contribution < 1.29 is 9.90 Å². The van der Waals surface area contributed by atoms with E-state index in [-0.39, 0.29) is 18.1 Å². The van der Waals surface area contributed by atoms with Gasteiger partial charge >= 0.3 is 0 Å². The van der Waals surface area contributed by atoms with E-state index in [1.165, 1.54) is 16.4 Å². The van der Waals surface area contributed by atoms with Crippen molar-refractivity contribution in [1.29, 1.82) is 0 Å². The molecule has 2 aromatic carbocycles. The zero-order chi connectivity index (χ0) is 19.0. The van der Waals surface area contributed by atoms with Crippen LogP contribution in [0.1, 0.15) is 26.7 Å². The summed E-state index contributed by atoms with van der Waals surface area (Å²) in [6.45, 7) is 6.39. The van der Waals surface area contributed by atoms with E-state index in [9.17, 15) is 9.90 Å². The molecule has 0 bridgehead atoms. The molecule has 2 atom stereocenters. The van der Waals surface area contributed by atoms with Gasteiger partial charge in [-0.2, -0.15) is 0 Å². The number of carbonyl (C=O) groups is 1. The van der Waals surface area contributed by atoms with E-state index >= 15 is 0 Å². The van der Waals surface area contributed by atoms with E-state index in [2.05, 4.69) is 58.1 Å². The van der Waals surface area contributed by atoms with E-state index < -0.39 is 0 Å². The Morgan fingerprint density at radius 1 is 1.22 bits per heavy atom. The van der Waals surface area contributed by atoms with Gasteiger partial charge < -0.3 is 15.0 Å². The highest BCUT2D eigenvalue weighted by molar-refractivity contribution is 6.10. The SMILES string of the molecule is CCn1c2ccccc2c2cc(NC(=O)[C@H](C)N3CCC[C@H](O)C3)ccc21. The molecule has 0 aliphatic carbocycles. The van der Waals surface area contributed by atoms with E-state index in [1.54, 1.807) is 0 Å². The predicted molar refractivity (Wildman–Crippen MR) is 110 cm³/mol. The van der Waals surface area contributed by atoms with E-state index in [0.717, 1.165) is 37.0 Å². The van der Waals surface area contributed by atoms with Gasteiger partial charge in [-0.3, -0.25) is 9.69 Å². The molecule has 5 heteroatoms. The molecule has 1 aliphatic heterocycles. The topological polar surface area (TPSA) is 57.5 Å². The Morgan fingerprint density at radius 2 is 2.00 bits per heavy atom. The number of para-hydroxylation sites is 1. The van der Waals surface area contributed by atoms with E-state index in [1.807, 2.05) is 13.0 Å². The number of hydrogen-bond acceptors (Lipinski definition) is 3. The zero-order valence-electron chi connectivity index (χ0n) is 16.0. The van der Waals surface area contributed by atoms with Gasteiger partial charge in [-0.25, -0.2) is 0 Å². The summed E-state index contributed by atoms with van der Waals surface area (Å²) in [6, 6.07) is 14.3. The molecule has 0 unspecified atom stereocenters. The van der Waals surface area contributed by atoms with Crippen LogP contribution < -0.4 is 5.32 Å². The summed E-state index contributed by atoms with van der Waals surface area (Å²) < 4.78 is 2.30. The maximum Gasteiger partial charge on any atom is 0.241 e. The number of aliphatic hydroxyl groups is 1. The maximum atomic E-state index is 12.7. The van der Waals surface area contributed by atoms with Crippen molar-refractivity contribution in [2.75, 3.05) is 18.4 Å². The largest absolute Gasteiger partial charge is 0.392 e. The third-order valence-electron chi connectivity index (χ3n) is 5.71. The van der Waals surface area contributed by atoms with Crippen LogP contribution in [-0.2, 0) is 11.3 Å². The van der Waals surface area contributed by atoms with Crippen molar-refractivity contribution in [2.45, 2.75) is 45.4 Å². The monoisotopic (exact) mass is 365 g/mol. The number of aryl methyl sites for hydroxylation is 1. The summed E-state index contributed by atoms with van der Waals surface area (Å²) in [6.07, 6.45) is 1.43. The molecule has 5 nitrogen and oxygen atoms in total. The second kappa shape index (κ2) is 7.33. The zero-order valence-corrected chi connectivity index (χ0v) is 16.0. The molecule has 2 N–H and O–H groups in total. The summed E-state index contributed by atoms with van der Waals surface area (Å²) in [4.78, 5) is 14.8. The number of anilines is 1. The van der Waals surface area contributed by atoms with Crippen molar-refractivity contribution >= 4 is 33.4 Å². The average molecular weight is 365 g/mol. The number of nitrogens with zero attached hydrogens (tertiary/aromatic N) is 2. The van der Waals surface area contributed by atoms with Crippen molar-refractivity contribution in [3.8, 4) is 0 Å². The number of nitrogens with one attached hydrogen (secondary N) is 1. The maximum absolute atomic E-state index is 12.7. The third kappa shape index (κ3) is 3.33. The van der Waals surface area contributed by atoms with Crippen LogP contribution in [0, 0.1) is 0 Å². The highest BCUT2D eigenvalue weighted by Crippen LogP contribution is 2.31. The Labute approximate surface area is 159 Å². The summed E-state index contributed by atoms with van der Waals surface area (Å²) in [5.74, 6) is -0.0253. The van der Waals surface area contributed by atoms with Gasteiger partial charge in [0, 0.05) is 40.6 Å². The summed E-state index contributed by atoms with van der Waals surface area (Å²) in [7, 11) is 0. The Bertz CT molecular complexity index is 978. The minimum atomic E-state index is -0.328. The number of likely N-dealkylation sites (tertiary alicyclic amines) is 1. The lowest BCUT2D eigenvalue weighted by molar-refractivity contribution is -0.121. The van der Waals surface area contributed by atoms with Crippen molar-refractivity contribution in [2.24, 2.45) is 0 Å². The second-order valence-electron chi connectivity index (χ2n) is 7.45. The third-order valence-corrected chi connectivity index (χ3v) is 5.71. The summed E-state index contributed by atoms with van der Waals surface area (Å²) in [5, 5.41) is 15.3. The number of piperidine rings is 1. The van der Waals surface area contributed by atoms with Crippen LogP contribution in [0.5, 0.6) is 0 Å². The lowest BCUT2D eigenvalue weighted by Gasteiger charge is -2.33. The Hall–Kier alpha value is -2.37. The second-order valence-corrected chi connectivity index (χ2v) is 7.45. The van der Waals surface area contributed by atoms with Gasteiger partial charge in [-0.05, 0) is 57.5 Å². The fourth-order valence-electron chi connectivity index (χ4n) is 4.22. The van der Waals surface area contributed by atoms with Gasteiger partial charge in [-0.1, -0.05) is 18.2 Å². The lowest BCUT2D eigenvalue weighted by atomic mass is 10.1. The summed E-state index contributed by atoms with van der Waals surface area (Å²) >= 11 is 0. The molecule has 142 valence electrons. The molecule has 1 aliphatic rings. The molecule has 0 spiro atoms. The number of fused-ring (bicyclic) bond motifs is 3. The van der Waals surface area contributed by atoms with E-state index in [0.29, 0.717) is 6.54 Å². The van der Waals surface area contributed by atoms with Gasteiger partial charge in [0.05, 0.1) is 12.1 Å². The van der Waals surface area contributed by atoms with Crippen molar-refractivity contribution in [1.82, 2.24) is 9.47 Å². The normalized spacial score (nSPS) is 19.4. The first-order valence-corrected chi connectivity index (χ1v) is 9.82. The first-order chi connectivity index (χ1) is 13.1. The van der Waals surface area contributed by atoms with E-state index in [4.69, 9.17) is 0 Å². The number of rotatable bonds is 4. The summed E-state index contributed by atoms with van der Waals surface area (Å²) in [5.41, 5.74) is 3.22. The number of β-amino-alcohol motifs (C(OH)–C–C–N with tert-alkyl or cyclic N) is 1.